The molecule has 9 N–H and O–H groups in total. The third-order valence-electron chi connectivity index (χ3n) is 14.9. The summed E-state index contributed by atoms with van der Waals surface area (Å²) >= 11 is 6.21. The predicted octanol–water partition coefficient (Wildman–Crippen LogP) is 7.83. The number of aliphatic carboxylic acids is 1. The number of amides is 5. The van der Waals surface area contributed by atoms with E-state index in [9.17, 15) is 47.1 Å². The van der Waals surface area contributed by atoms with E-state index in [1.165, 1.54) is 0 Å². The highest BCUT2D eigenvalue weighted by molar-refractivity contribution is 7.90. The number of guanidine groups is 1. The Bertz CT molecular complexity index is 3350. The second-order valence-electron chi connectivity index (χ2n) is 24.7. The van der Waals surface area contributed by atoms with Gasteiger partial charge in [0, 0.05) is 29.6 Å². The molecule has 0 saturated carbocycles. The molecule has 25 heteroatoms. The van der Waals surface area contributed by atoms with Crippen molar-refractivity contribution in [2.24, 2.45) is 10.7 Å². The molecule has 5 amide bonds. The Balaban J connectivity index is 1.15. The number of hydrogen-bond donors (Lipinski definition) is 8. The molecule has 2 aliphatic rings. The van der Waals surface area contributed by atoms with Crippen molar-refractivity contribution in [2.45, 2.75) is 186 Å². The van der Waals surface area contributed by atoms with E-state index in [0.717, 1.165) is 27.8 Å². The number of esters is 1. The van der Waals surface area contributed by atoms with Crippen molar-refractivity contribution in [1.82, 2.24) is 31.3 Å². The quantitative estimate of drug-likeness (QED) is 0.00927. The molecule has 4 aromatic rings. The molecule has 1 aliphatic carbocycles. The summed E-state index contributed by atoms with van der Waals surface area (Å²) < 4.78 is 58.8. The first kappa shape index (κ1) is 70.1. The summed E-state index contributed by atoms with van der Waals surface area (Å²) in [6, 6.07) is 16.1. The lowest BCUT2D eigenvalue weighted by molar-refractivity contribution is -0.156. The van der Waals surface area contributed by atoms with Crippen molar-refractivity contribution >= 4 is 69.4 Å². The average molecular weight is 1270 g/mol. The van der Waals surface area contributed by atoms with E-state index in [4.69, 9.17) is 41.0 Å². The number of nitrogens with two attached hydrogens (primary N) is 1. The molecule has 0 radical (unpaired) electrons. The van der Waals surface area contributed by atoms with Crippen molar-refractivity contribution in [3.05, 3.63) is 117 Å². The molecule has 1 heterocycles. The number of halogens is 1. The molecule has 0 fully saturated rings. The fourth-order valence-corrected chi connectivity index (χ4v) is 12.1. The van der Waals surface area contributed by atoms with Crippen LogP contribution in [0.15, 0.2) is 82.7 Å². The first-order chi connectivity index (χ1) is 41.7. The van der Waals surface area contributed by atoms with Crippen LogP contribution >= 0.6 is 11.6 Å². The van der Waals surface area contributed by atoms with E-state index in [-0.39, 0.29) is 62.8 Å². The zero-order valence-corrected chi connectivity index (χ0v) is 54.1. The number of hydrogen-bond acceptors (Lipinski definition) is 15. The summed E-state index contributed by atoms with van der Waals surface area (Å²) in [4.78, 5) is 99.9. The highest BCUT2D eigenvalue weighted by Gasteiger charge is 2.37. The van der Waals surface area contributed by atoms with E-state index in [0.29, 0.717) is 52.3 Å². The average Bonchev–Trinajstić information content (AvgIpc) is 1.58. The minimum Gasteiger partial charge on any atom is -0.487 e. The van der Waals surface area contributed by atoms with Gasteiger partial charge >= 0.3 is 24.1 Å². The Kier molecular flexibility index (Phi) is 24.0. The summed E-state index contributed by atoms with van der Waals surface area (Å²) in [5.41, 5.74) is 10.7. The number of carbonyl (C=O) groups is 7. The van der Waals surface area contributed by atoms with Gasteiger partial charge in [0.2, 0.25) is 23.7 Å². The SMILES string of the molecule is Cc1c(C)c(S(=O)(=O)NC(N)=NCCC[C@H](NC(=O)[C@H](CC(=O)OC(C)(C)C)NC(=O)[C@H](COC(C)(C)C)NC(=O)[C@H](CCCCNC(=O)OCc2ccccc2Cl)NC(=O)OCC2c3ccccc3-c3ccccc32)C(=O)O)c(C)c2c1OC(C)(C)CC2. The van der Waals surface area contributed by atoms with Gasteiger partial charge in [-0.2, -0.15) is 0 Å². The number of benzene rings is 4. The lowest BCUT2D eigenvalue weighted by Gasteiger charge is -2.35. The number of alkyl carbamates (subject to hydrolysis) is 2. The molecular formula is C64H85ClN8O15S. The van der Waals surface area contributed by atoms with Crippen LogP contribution < -0.4 is 41.8 Å². The third kappa shape index (κ3) is 20.3. The van der Waals surface area contributed by atoms with Gasteiger partial charge in [-0.05, 0) is 172 Å². The number of nitrogens with zero attached hydrogens (tertiary/aromatic N) is 1. The van der Waals surface area contributed by atoms with Crippen LogP contribution in [0.2, 0.25) is 5.02 Å². The van der Waals surface area contributed by atoms with Crippen molar-refractivity contribution in [2.75, 3.05) is 26.3 Å². The maximum absolute atomic E-state index is 14.5. The molecule has 4 atom stereocenters. The molecule has 89 heavy (non-hydrogen) atoms. The zero-order chi connectivity index (χ0) is 65.6. The van der Waals surface area contributed by atoms with Crippen LogP contribution in [-0.2, 0) is 66.0 Å². The third-order valence-corrected chi connectivity index (χ3v) is 16.9. The van der Waals surface area contributed by atoms with E-state index in [1.807, 2.05) is 62.4 Å². The summed E-state index contributed by atoms with van der Waals surface area (Å²) in [6.07, 6.45) is -0.941. The molecule has 0 aromatic heterocycles. The van der Waals surface area contributed by atoms with Gasteiger partial charge in [0.25, 0.3) is 10.0 Å². The fourth-order valence-electron chi connectivity index (χ4n) is 10.3. The summed E-state index contributed by atoms with van der Waals surface area (Å²) in [7, 11) is -4.26. The number of ether oxygens (including phenoxy) is 5. The molecule has 0 saturated heterocycles. The van der Waals surface area contributed by atoms with Crippen LogP contribution in [-0.4, -0.2) is 129 Å². The number of aliphatic imine (C=N–C) groups is 1. The van der Waals surface area contributed by atoms with E-state index < -0.39 is 112 Å². The van der Waals surface area contributed by atoms with E-state index in [1.54, 1.807) is 86.6 Å². The number of nitrogens with one attached hydrogen (secondary N) is 6. The Morgan fingerprint density at radius 3 is 1.94 bits per heavy atom. The Morgan fingerprint density at radius 1 is 0.730 bits per heavy atom. The molecule has 0 spiro atoms. The maximum atomic E-state index is 14.5. The normalized spacial score (nSPS) is 15.0. The fraction of sp³-hybridized carbons (Fsp3) is 0.500. The summed E-state index contributed by atoms with van der Waals surface area (Å²) in [6.45, 7) is 18.3. The Labute approximate surface area is 525 Å². The number of carbonyl (C=O) groups excluding carboxylic acids is 6. The van der Waals surface area contributed by atoms with Crippen LogP contribution in [0.25, 0.3) is 11.1 Å². The molecule has 4 aromatic carbocycles. The lowest BCUT2D eigenvalue weighted by Crippen LogP contribution is -2.59. The highest BCUT2D eigenvalue weighted by atomic mass is 35.5. The van der Waals surface area contributed by atoms with Gasteiger partial charge in [-0.1, -0.05) is 78.3 Å². The molecule has 0 unspecified atom stereocenters. The van der Waals surface area contributed by atoms with Gasteiger partial charge in [0.1, 0.15) is 54.3 Å². The molecule has 0 bridgehead atoms. The monoisotopic (exact) mass is 1270 g/mol. The summed E-state index contributed by atoms with van der Waals surface area (Å²) in [5, 5.41) is 23.6. The maximum Gasteiger partial charge on any atom is 0.407 e. The largest absolute Gasteiger partial charge is 0.487 e. The van der Waals surface area contributed by atoms with Gasteiger partial charge in [0.05, 0.1) is 23.5 Å². The zero-order valence-electron chi connectivity index (χ0n) is 52.5. The number of unbranched alkanes of at least 4 members (excludes halogenated alkanes) is 1. The first-order valence-electron chi connectivity index (χ1n) is 29.6. The van der Waals surface area contributed by atoms with Crippen LogP contribution in [0.1, 0.15) is 145 Å². The number of carboxylic acid groups (broad SMARTS) is 1. The first-order valence-corrected chi connectivity index (χ1v) is 31.5. The molecule has 6 rings (SSSR count). The number of rotatable bonds is 27. The van der Waals surface area contributed by atoms with E-state index >= 15 is 0 Å². The number of sulfonamides is 1. The Morgan fingerprint density at radius 2 is 1.31 bits per heavy atom. The summed E-state index contributed by atoms with van der Waals surface area (Å²) in [5.74, 6) is -5.53. The molecular weight excluding hydrogens is 1190 g/mol. The minimum absolute atomic E-state index is 0.0299. The second-order valence-corrected chi connectivity index (χ2v) is 26.8. The van der Waals surface area contributed by atoms with Gasteiger partial charge in [-0.3, -0.25) is 24.2 Å². The topological polar surface area (TPSA) is 331 Å². The second kappa shape index (κ2) is 30.5. The smallest absolute Gasteiger partial charge is 0.407 e. The van der Waals surface area contributed by atoms with Gasteiger partial charge in [-0.15, -0.1) is 0 Å². The van der Waals surface area contributed by atoms with Crippen molar-refractivity contribution in [1.29, 1.82) is 0 Å². The van der Waals surface area contributed by atoms with Crippen LogP contribution in [0, 0.1) is 20.8 Å². The predicted molar refractivity (Wildman–Crippen MR) is 335 cm³/mol. The van der Waals surface area contributed by atoms with Crippen LogP contribution in [0.5, 0.6) is 5.75 Å². The lowest BCUT2D eigenvalue weighted by atomic mass is 9.88. The van der Waals surface area contributed by atoms with Crippen molar-refractivity contribution < 1.29 is 70.8 Å². The van der Waals surface area contributed by atoms with E-state index in [2.05, 4.69) is 36.3 Å². The van der Waals surface area contributed by atoms with Gasteiger partial charge < -0.3 is 61.1 Å². The van der Waals surface area contributed by atoms with Crippen molar-refractivity contribution in [3.8, 4) is 16.9 Å². The van der Waals surface area contributed by atoms with Crippen molar-refractivity contribution in [3.63, 3.8) is 0 Å². The molecule has 1 aliphatic heterocycles. The van der Waals surface area contributed by atoms with Gasteiger partial charge in [0.15, 0.2) is 0 Å². The minimum atomic E-state index is -4.26. The van der Waals surface area contributed by atoms with Crippen LogP contribution in [0.3, 0.4) is 0 Å². The highest BCUT2D eigenvalue weighted by Crippen LogP contribution is 2.45. The number of fused-ring (bicyclic) bond motifs is 4. The molecule has 23 nitrogen and oxygen atoms in total. The van der Waals surface area contributed by atoms with Gasteiger partial charge in [-0.25, -0.2) is 27.5 Å². The number of carboxylic acids is 1. The van der Waals surface area contributed by atoms with Crippen LogP contribution in [0.4, 0.5) is 9.59 Å². The Hall–Kier alpha value is -7.96. The molecule has 484 valence electrons. The standard InChI is InChI=1S/C64H85ClN8O15S/c1-37-38(2)54(39(3)41-29-30-64(10,11)88-53(37)41)89(82,83)73-59(66)67-32-20-28-49(58(78)79)69-56(76)50(33-52(74)87-63(7,8)9)70-57(77)51(36-86-62(4,5)6)71-55(75)48(27-18-19-31-68-60(80)84-34-40-21-12-17-26-47(40)65)72-61(81)85-35-46-44-24-15-13-22-42(44)43-23-14-16-25-45(43)46/h12-17,21-26,46,48-51H,18-20,27-36H2,1-11H3,(H,68,80)(H,69,76)(H,70,77)(H,71,75)(H,72,81)(H,78,79)(H3,66,67,73)/t48-,49-,50-,51-/m0/s1.